The summed E-state index contributed by atoms with van der Waals surface area (Å²) in [4.78, 5) is 38.4. The van der Waals surface area contributed by atoms with Crippen LogP contribution in [0, 0.1) is 12.7 Å². The highest BCUT2D eigenvalue weighted by Crippen LogP contribution is 2.19. The number of nitrogens with zero attached hydrogens (tertiary/aromatic N) is 1. The number of halogens is 1. The van der Waals surface area contributed by atoms with Crippen molar-refractivity contribution >= 4 is 29.1 Å². The van der Waals surface area contributed by atoms with E-state index in [2.05, 4.69) is 10.6 Å². The summed E-state index contributed by atoms with van der Waals surface area (Å²) in [5, 5.41) is 5.31. The van der Waals surface area contributed by atoms with Crippen LogP contribution in [0.3, 0.4) is 0 Å². The number of carbonyl (C=O) groups excluding carboxylic acids is 3. The SMILES string of the molecule is Cc1ccc(C(=O)N(C)CC(=O)Nc2ccc(F)cc2)cc1NC(=O)c1ccco1. The molecule has 7 nitrogen and oxygen atoms in total. The van der Waals surface area contributed by atoms with E-state index in [1.807, 2.05) is 0 Å². The normalized spacial score (nSPS) is 10.4. The Hall–Kier alpha value is -3.94. The van der Waals surface area contributed by atoms with Crippen LogP contribution in [0.25, 0.3) is 0 Å². The van der Waals surface area contributed by atoms with Crippen molar-refractivity contribution in [2.45, 2.75) is 6.92 Å². The predicted molar refractivity (Wildman–Crippen MR) is 110 cm³/mol. The number of aryl methyl sites for hydroxylation is 1. The first-order chi connectivity index (χ1) is 14.3. The lowest BCUT2D eigenvalue weighted by molar-refractivity contribution is -0.116. The number of hydrogen-bond acceptors (Lipinski definition) is 4. The molecule has 0 bridgehead atoms. The molecule has 154 valence electrons. The molecule has 0 saturated carbocycles. The Labute approximate surface area is 172 Å². The molecule has 0 fully saturated rings. The van der Waals surface area contributed by atoms with Crippen molar-refractivity contribution in [3.8, 4) is 0 Å². The maximum atomic E-state index is 13.0. The van der Waals surface area contributed by atoms with Crippen molar-refractivity contribution in [1.82, 2.24) is 4.90 Å². The predicted octanol–water partition coefficient (Wildman–Crippen LogP) is 3.69. The molecular formula is C22H20FN3O4. The third kappa shape index (κ3) is 5.11. The van der Waals surface area contributed by atoms with Gasteiger partial charge in [0.05, 0.1) is 12.8 Å². The maximum absolute atomic E-state index is 13.0. The topological polar surface area (TPSA) is 91.7 Å². The Kier molecular flexibility index (Phi) is 6.26. The zero-order valence-electron chi connectivity index (χ0n) is 16.4. The van der Waals surface area contributed by atoms with Gasteiger partial charge >= 0.3 is 0 Å². The lowest BCUT2D eigenvalue weighted by Gasteiger charge is -2.18. The second-order valence-corrected chi connectivity index (χ2v) is 6.68. The number of benzene rings is 2. The van der Waals surface area contributed by atoms with Gasteiger partial charge in [-0.2, -0.15) is 0 Å². The van der Waals surface area contributed by atoms with Crippen molar-refractivity contribution < 1.29 is 23.2 Å². The first kappa shape index (κ1) is 20.8. The summed E-state index contributed by atoms with van der Waals surface area (Å²) in [6, 6.07) is 13.3. The molecule has 0 radical (unpaired) electrons. The van der Waals surface area contributed by atoms with E-state index in [4.69, 9.17) is 4.42 Å². The Balaban J connectivity index is 1.65. The van der Waals surface area contributed by atoms with Gasteiger partial charge in [0.1, 0.15) is 5.82 Å². The van der Waals surface area contributed by atoms with Crippen LogP contribution in [0.4, 0.5) is 15.8 Å². The average Bonchev–Trinajstić information content (AvgIpc) is 3.26. The van der Waals surface area contributed by atoms with Crippen molar-refractivity contribution in [1.29, 1.82) is 0 Å². The Bertz CT molecular complexity index is 1060. The average molecular weight is 409 g/mol. The number of carbonyl (C=O) groups is 3. The second kappa shape index (κ2) is 9.04. The van der Waals surface area contributed by atoms with E-state index in [9.17, 15) is 18.8 Å². The molecule has 3 amide bonds. The molecule has 0 aliphatic carbocycles. The second-order valence-electron chi connectivity index (χ2n) is 6.68. The molecule has 1 heterocycles. The molecule has 0 unspecified atom stereocenters. The van der Waals surface area contributed by atoms with E-state index < -0.39 is 23.5 Å². The molecule has 1 aromatic heterocycles. The van der Waals surface area contributed by atoms with Crippen molar-refractivity contribution in [3.05, 3.63) is 83.6 Å². The molecule has 0 spiro atoms. The summed E-state index contributed by atoms with van der Waals surface area (Å²) in [7, 11) is 1.49. The van der Waals surface area contributed by atoms with Crippen molar-refractivity contribution in [2.75, 3.05) is 24.2 Å². The van der Waals surface area contributed by atoms with E-state index in [0.717, 1.165) is 5.56 Å². The standard InChI is InChI=1S/C22H20FN3O4/c1-14-5-6-15(12-18(14)25-21(28)19-4-3-11-30-19)22(29)26(2)13-20(27)24-17-9-7-16(23)8-10-17/h3-12H,13H2,1-2H3,(H,24,27)(H,25,28). The minimum absolute atomic E-state index is 0.153. The van der Waals surface area contributed by atoms with Gasteiger partial charge in [-0.05, 0) is 61.0 Å². The summed E-state index contributed by atoms with van der Waals surface area (Å²) in [5.41, 5.74) is 1.97. The summed E-state index contributed by atoms with van der Waals surface area (Å²) in [6.07, 6.45) is 1.40. The van der Waals surface area contributed by atoms with Crippen LogP contribution >= 0.6 is 0 Å². The fraction of sp³-hybridized carbons (Fsp3) is 0.136. The van der Waals surface area contributed by atoms with Crippen LogP contribution < -0.4 is 10.6 Å². The third-order valence-electron chi connectivity index (χ3n) is 4.33. The van der Waals surface area contributed by atoms with E-state index in [1.54, 1.807) is 31.2 Å². The van der Waals surface area contributed by atoms with E-state index in [1.165, 1.54) is 48.5 Å². The number of hydrogen-bond donors (Lipinski definition) is 2. The van der Waals surface area contributed by atoms with Crippen LogP contribution in [0.2, 0.25) is 0 Å². The smallest absolute Gasteiger partial charge is 0.291 e. The number of amides is 3. The van der Waals surface area contributed by atoms with E-state index in [0.29, 0.717) is 16.9 Å². The van der Waals surface area contributed by atoms with Gasteiger partial charge < -0.3 is 20.0 Å². The molecule has 30 heavy (non-hydrogen) atoms. The van der Waals surface area contributed by atoms with Crippen LogP contribution in [-0.2, 0) is 4.79 Å². The molecule has 0 saturated heterocycles. The first-order valence-corrected chi connectivity index (χ1v) is 9.10. The monoisotopic (exact) mass is 409 g/mol. The van der Waals surface area contributed by atoms with Crippen LogP contribution in [0.5, 0.6) is 0 Å². The molecule has 0 atom stereocenters. The quantitative estimate of drug-likeness (QED) is 0.650. The lowest BCUT2D eigenvalue weighted by Crippen LogP contribution is -2.35. The Morgan fingerprint density at radius 1 is 1.03 bits per heavy atom. The molecule has 3 aromatic rings. The Morgan fingerprint density at radius 3 is 2.43 bits per heavy atom. The number of furan rings is 1. The van der Waals surface area contributed by atoms with Gasteiger partial charge in [-0.1, -0.05) is 6.07 Å². The molecule has 0 aliphatic rings. The highest BCUT2D eigenvalue weighted by atomic mass is 19.1. The summed E-state index contributed by atoms with van der Waals surface area (Å²) in [5.74, 6) is -1.50. The van der Waals surface area contributed by atoms with Crippen LogP contribution in [0.15, 0.2) is 65.3 Å². The van der Waals surface area contributed by atoms with E-state index in [-0.39, 0.29) is 12.3 Å². The highest BCUT2D eigenvalue weighted by Gasteiger charge is 2.17. The molecule has 2 N–H and O–H groups in total. The van der Waals surface area contributed by atoms with Gasteiger partial charge in [-0.3, -0.25) is 14.4 Å². The largest absolute Gasteiger partial charge is 0.459 e. The van der Waals surface area contributed by atoms with Gasteiger partial charge in [0.15, 0.2) is 5.76 Å². The lowest BCUT2D eigenvalue weighted by atomic mass is 10.1. The van der Waals surface area contributed by atoms with Crippen LogP contribution in [0.1, 0.15) is 26.5 Å². The zero-order chi connectivity index (χ0) is 21.7. The fourth-order valence-corrected chi connectivity index (χ4v) is 2.72. The van der Waals surface area contributed by atoms with Gasteiger partial charge in [-0.25, -0.2) is 4.39 Å². The zero-order valence-corrected chi connectivity index (χ0v) is 16.4. The Morgan fingerprint density at radius 2 is 1.77 bits per heavy atom. The number of anilines is 2. The maximum Gasteiger partial charge on any atom is 0.291 e. The first-order valence-electron chi connectivity index (χ1n) is 9.10. The van der Waals surface area contributed by atoms with Gasteiger partial charge in [0, 0.05) is 24.0 Å². The third-order valence-corrected chi connectivity index (χ3v) is 4.33. The van der Waals surface area contributed by atoms with Crippen molar-refractivity contribution in [3.63, 3.8) is 0 Å². The number of nitrogens with one attached hydrogen (secondary N) is 2. The minimum Gasteiger partial charge on any atom is -0.459 e. The van der Waals surface area contributed by atoms with Crippen molar-refractivity contribution in [2.24, 2.45) is 0 Å². The minimum atomic E-state index is -0.431. The number of rotatable bonds is 6. The molecule has 0 aliphatic heterocycles. The highest BCUT2D eigenvalue weighted by molar-refractivity contribution is 6.04. The molecular weight excluding hydrogens is 389 g/mol. The molecule has 2 aromatic carbocycles. The van der Waals surface area contributed by atoms with E-state index >= 15 is 0 Å². The van der Waals surface area contributed by atoms with Gasteiger partial charge in [0.2, 0.25) is 5.91 Å². The summed E-state index contributed by atoms with van der Waals surface area (Å²) < 4.78 is 18.0. The van der Waals surface area contributed by atoms with Gasteiger partial charge in [0.25, 0.3) is 11.8 Å². The summed E-state index contributed by atoms with van der Waals surface area (Å²) >= 11 is 0. The number of likely N-dealkylation sites (N-methyl/N-ethyl adjacent to an activating group) is 1. The van der Waals surface area contributed by atoms with Crippen LogP contribution in [-0.4, -0.2) is 36.2 Å². The van der Waals surface area contributed by atoms with Gasteiger partial charge in [-0.15, -0.1) is 0 Å². The molecule has 8 heteroatoms. The summed E-state index contributed by atoms with van der Waals surface area (Å²) in [6.45, 7) is 1.60. The fourth-order valence-electron chi connectivity index (χ4n) is 2.72. The molecule has 3 rings (SSSR count).